The third-order valence-corrected chi connectivity index (χ3v) is 4.72. The molecule has 1 atom stereocenters. The maximum absolute atomic E-state index is 14.5. The minimum absolute atomic E-state index is 0.111. The number of nitrogens with one attached hydrogen (secondary N) is 2. The number of aromatic amines is 1. The predicted octanol–water partition coefficient (Wildman–Crippen LogP) is 2.81. The van der Waals surface area contributed by atoms with Crippen molar-refractivity contribution in [2.24, 2.45) is 0 Å². The van der Waals surface area contributed by atoms with Gasteiger partial charge in [0.15, 0.2) is 17.5 Å². The van der Waals surface area contributed by atoms with E-state index < -0.39 is 30.5 Å². The van der Waals surface area contributed by atoms with E-state index in [0.717, 1.165) is 11.6 Å². The van der Waals surface area contributed by atoms with Crippen molar-refractivity contribution >= 4 is 22.8 Å². The van der Waals surface area contributed by atoms with E-state index in [2.05, 4.69) is 19.9 Å². The number of halogens is 4. The quantitative estimate of drug-likeness (QED) is 0.649. The first-order valence-electron chi connectivity index (χ1n) is 8.89. The highest BCUT2D eigenvalue weighted by Crippen LogP contribution is 2.30. The van der Waals surface area contributed by atoms with Crippen molar-refractivity contribution in [1.82, 2.24) is 25.3 Å². The van der Waals surface area contributed by atoms with Crippen molar-refractivity contribution in [2.75, 3.05) is 18.0 Å². The fourth-order valence-electron chi connectivity index (χ4n) is 3.44. The van der Waals surface area contributed by atoms with Crippen LogP contribution in [0.2, 0.25) is 0 Å². The van der Waals surface area contributed by atoms with Crippen LogP contribution < -0.4 is 10.2 Å². The Bertz CT molecular complexity index is 1050. The molecule has 0 spiro atoms. The van der Waals surface area contributed by atoms with E-state index >= 15 is 0 Å². The molecule has 4 rings (SSSR count). The lowest BCUT2D eigenvalue weighted by Crippen LogP contribution is -2.46. The summed E-state index contributed by atoms with van der Waals surface area (Å²) in [4.78, 5) is 29.1. The van der Waals surface area contributed by atoms with Gasteiger partial charge in [0.25, 0.3) is 0 Å². The largest absolute Gasteiger partial charge is 0.405 e. The molecule has 0 saturated carbocycles. The Morgan fingerprint density at radius 1 is 1.31 bits per heavy atom. The first kappa shape index (κ1) is 19.1. The summed E-state index contributed by atoms with van der Waals surface area (Å²) in [6, 6.07) is 2.54. The van der Waals surface area contributed by atoms with Gasteiger partial charge in [-0.25, -0.2) is 19.3 Å². The average molecular weight is 408 g/mol. The highest BCUT2D eigenvalue weighted by Gasteiger charge is 2.36. The highest BCUT2D eigenvalue weighted by molar-refractivity contribution is 5.91. The molecule has 4 heterocycles. The molecule has 1 fully saturated rings. The van der Waals surface area contributed by atoms with Gasteiger partial charge in [0.1, 0.15) is 18.2 Å². The van der Waals surface area contributed by atoms with E-state index in [1.54, 1.807) is 24.5 Å². The number of fused-ring (bicyclic) bond motifs is 1. The van der Waals surface area contributed by atoms with Crippen molar-refractivity contribution < 1.29 is 22.4 Å². The molecule has 1 amide bonds. The van der Waals surface area contributed by atoms with E-state index in [-0.39, 0.29) is 11.6 Å². The fraction of sp³-hybridized carbons (Fsp3) is 0.333. The number of anilines is 1. The van der Waals surface area contributed by atoms with Crippen LogP contribution in [-0.2, 0) is 4.79 Å². The van der Waals surface area contributed by atoms with Gasteiger partial charge >= 0.3 is 6.18 Å². The second-order valence-corrected chi connectivity index (χ2v) is 6.65. The van der Waals surface area contributed by atoms with E-state index in [4.69, 9.17) is 0 Å². The highest BCUT2D eigenvalue weighted by atomic mass is 19.4. The molecule has 29 heavy (non-hydrogen) atoms. The number of alkyl halides is 3. The van der Waals surface area contributed by atoms with Crippen LogP contribution in [0.25, 0.3) is 22.4 Å². The number of amides is 1. The van der Waals surface area contributed by atoms with Crippen molar-refractivity contribution in [2.45, 2.75) is 25.1 Å². The van der Waals surface area contributed by atoms with Gasteiger partial charge in [-0.1, -0.05) is 0 Å². The molecular formula is C18H16F4N6O. The molecule has 7 nitrogen and oxygen atoms in total. The molecule has 0 aromatic carbocycles. The molecule has 0 aliphatic carbocycles. The number of nitrogens with zero attached hydrogens (tertiary/aromatic N) is 4. The zero-order valence-corrected chi connectivity index (χ0v) is 15.0. The minimum atomic E-state index is -4.52. The van der Waals surface area contributed by atoms with Crippen LogP contribution in [0.3, 0.4) is 0 Å². The summed E-state index contributed by atoms with van der Waals surface area (Å²) in [5.41, 5.74) is 1.23. The Kier molecular flexibility index (Phi) is 4.81. The Hall–Kier alpha value is -3.24. The van der Waals surface area contributed by atoms with Crippen LogP contribution in [-0.4, -0.2) is 51.2 Å². The lowest BCUT2D eigenvalue weighted by Gasteiger charge is -2.25. The van der Waals surface area contributed by atoms with Gasteiger partial charge in [-0.05, 0) is 25.0 Å². The normalized spacial score (nSPS) is 17.1. The van der Waals surface area contributed by atoms with Crippen LogP contribution in [0, 0.1) is 5.82 Å². The fourth-order valence-corrected chi connectivity index (χ4v) is 3.44. The van der Waals surface area contributed by atoms with Gasteiger partial charge in [-0.2, -0.15) is 13.2 Å². The second-order valence-electron chi connectivity index (χ2n) is 6.65. The maximum atomic E-state index is 14.5. The second kappa shape index (κ2) is 7.30. The van der Waals surface area contributed by atoms with Gasteiger partial charge in [0.05, 0.1) is 6.20 Å². The molecule has 11 heteroatoms. The van der Waals surface area contributed by atoms with Gasteiger partial charge in [0, 0.05) is 29.9 Å². The standard InChI is InChI=1S/C18H16F4N6O/c19-12-8-25-15(11-4-6-24-14-10(11)3-5-23-14)27-16(12)28-7-1-2-13(28)17(29)26-9-18(20,21)22/h3-6,8,13H,1-2,7,9H2,(H,23,24)(H,26,29). The molecule has 1 aliphatic rings. The molecule has 3 aromatic rings. The number of rotatable bonds is 4. The van der Waals surface area contributed by atoms with Crippen LogP contribution in [0.15, 0.2) is 30.7 Å². The van der Waals surface area contributed by atoms with Crippen LogP contribution in [0.5, 0.6) is 0 Å². The summed E-state index contributed by atoms with van der Waals surface area (Å²) in [6.45, 7) is -1.14. The number of aromatic nitrogens is 4. The molecular weight excluding hydrogens is 392 g/mol. The van der Waals surface area contributed by atoms with E-state index in [0.29, 0.717) is 30.6 Å². The first-order chi connectivity index (χ1) is 13.8. The lowest BCUT2D eigenvalue weighted by molar-refractivity contribution is -0.139. The molecule has 1 aliphatic heterocycles. The maximum Gasteiger partial charge on any atom is 0.405 e. The Labute approximate surface area is 162 Å². The Morgan fingerprint density at radius 3 is 2.93 bits per heavy atom. The zero-order valence-electron chi connectivity index (χ0n) is 15.0. The third kappa shape index (κ3) is 3.84. The van der Waals surface area contributed by atoms with Gasteiger partial charge in [-0.3, -0.25) is 4.79 Å². The number of carbonyl (C=O) groups is 1. The van der Waals surface area contributed by atoms with Crippen LogP contribution >= 0.6 is 0 Å². The molecule has 0 radical (unpaired) electrons. The van der Waals surface area contributed by atoms with Gasteiger partial charge < -0.3 is 15.2 Å². The monoisotopic (exact) mass is 408 g/mol. The number of H-pyrrole nitrogens is 1. The van der Waals surface area contributed by atoms with E-state index in [1.165, 1.54) is 4.90 Å². The number of hydrogen-bond donors (Lipinski definition) is 2. The number of pyridine rings is 1. The summed E-state index contributed by atoms with van der Waals surface area (Å²) < 4.78 is 51.7. The van der Waals surface area contributed by atoms with Crippen molar-refractivity contribution in [3.63, 3.8) is 0 Å². The molecule has 152 valence electrons. The van der Waals surface area contributed by atoms with Gasteiger partial charge in [-0.15, -0.1) is 0 Å². The molecule has 2 N–H and O–H groups in total. The van der Waals surface area contributed by atoms with Crippen molar-refractivity contribution in [1.29, 1.82) is 0 Å². The molecule has 0 bridgehead atoms. The number of hydrogen-bond acceptors (Lipinski definition) is 5. The predicted molar refractivity (Wildman–Crippen MR) is 96.5 cm³/mol. The van der Waals surface area contributed by atoms with E-state index in [1.807, 2.05) is 5.32 Å². The summed E-state index contributed by atoms with van der Waals surface area (Å²) >= 11 is 0. The Morgan fingerprint density at radius 2 is 2.14 bits per heavy atom. The summed E-state index contributed by atoms with van der Waals surface area (Å²) in [7, 11) is 0. The van der Waals surface area contributed by atoms with Crippen LogP contribution in [0.4, 0.5) is 23.4 Å². The summed E-state index contributed by atoms with van der Waals surface area (Å²) in [5, 5.41) is 2.61. The number of carbonyl (C=O) groups excluding carboxylic acids is 1. The molecule has 1 unspecified atom stereocenters. The summed E-state index contributed by atoms with van der Waals surface area (Å²) in [6.07, 6.45) is 0.576. The lowest BCUT2D eigenvalue weighted by atomic mass is 10.1. The SMILES string of the molecule is O=C(NCC(F)(F)F)C1CCCN1c1nc(-c2ccnc3[nH]ccc23)ncc1F. The average Bonchev–Trinajstić information content (AvgIpc) is 3.35. The molecule has 1 saturated heterocycles. The van der Waals surface area contributed by atoms with Crippen molar-refractivity contribution in [3.8, 4) is 11.4 Å². The van der Waals surface area contributed by atoms with Crippen molar-refractivity contribution in [3.05, 3.63) is 36.5 Å². The smallest absolute Gasteiger partial charge is 0.346 e. The Balaban J connectivity index is 1.65. The minimum Gasteiger partial charge on any atom is -0.346 e. The van der Waals surface area contributed by atoms with E-state index in [9.17, 15) is 22.4 Å². The topological polar surface area (TPSA) is 86.8 Å². The summed E-state index contributed by atoms with van der Waals surface area (Å²) in [5.74, 6) is -1.44. The third-order valence-electron chi connectivity index (χ3n) is 4.72. The van der Waals surface area contributed by atoms with Crippen LogP contribution in [0.1, 0.15) is 12.8 Å². The first-order valence-corrected chi connectivity index (χ1v) is 8.89. The zero-order chi connectivity index (χ0) is 20.6. The molecule has 3 aromatic heterocycles. The van der Waals surface area contributed by atoms with Gasteiger partial charge in [0.2, 0.25) is 5.91 Å².